The number of nitrogens with zero attached hydrogens (tertiary/aromatic N) is 3. The van der Waals surface area contributed by atoms with Crippen molar-refractivity contribution in [1.29, 1.82) is 0 Å². The zero-order valence-electron chi connectivity index (χ0n) is 19.3. The van der Waals surface area contributed by atoms with Gasteiger partial charge < -0.3 is 15.1 Å². The molecule has 0 saturated carbocycles. The summed E-state index contributed by atoms with van der Waals surface area (Å²) in [7, 11) is -1.03. The summed E-state index contributed by atoms with van der Waals surface area (Å²) >= 11 is 0. The molecule has 0 aliphatic heterocycles. The van der Waals surface area contributed by atoms with Crippen molar-refractivity contribution < 1.29 is 22.2 Å². The second kappa shape index (κ2) is 11.3. The Morgan fingerprint density at radius 1 is 1.06 bits per heavy atom. The number of aryl methyl sites for hydroxylation is 1. The van der Waals surface area contributed by atoms with Gasteiger partial charge in [-0.1, -0.05) is 55.4 Å². The number of aliphatic hydroxyl groups is 1. The number of benzene rings is 2. The Morgan fingerprint density at radius 3 is 2.35 bits per heavy atom. The predicted octanol–water partition coefficient (Wildman–Crippen LogP) is 4.00. The van der Waals surface area contributed by atoms with Crippen LogP contribution in [-0.4, -0.2) is 41.9 Å². The molecule has 34 heavy (non-hydrogen) atoms. The van der Waals surface area contributed by atoms with Gasteiger partial charge in [0.1, 0.15) is 11.4 Å². The lowest BCUT2D eigenvalue weighted by molar-refractivity contribution is 0.259. The van der Waals surface area contributed by atoms with Crippen LogP contribution in [0.1, 0.15) is 28.0 Å². The molecule has 2 heterocycles. The van der Waals surface area contributed by atoms with Gasteiger partial charge in [-0.25, -0.2) is 4.98 Å². The molecular formula is C25H32N4O4S. The van der Waals surface area contributed by atoms with Crippen LogP contribution in [0.25, 0.3) is 34.0 Å². The third-order valence-electron chi connectivity index (χ3n) is 5.20. The van der Waals surface area contributed by atoms with Crippen LogP contribution in [0.15, 0.2) is 70.2 Å². The number of rotatable bonds is 8. The van der Waals surface area contributed by atoms with Crippen LogP contribution in [0.4, 0.5) is 0 Å². The van der Waals surface area contributed by atoms with E-state index in [1.165, 1.54) is 0 Å². The topological polar surface area (TPSA) is 133 Å². The van der Waals surface area contributed by atoms with Crippen LogP contribution in [0.5, 0.6) is 0 Å². The molecule has 0 bridgehead atoms. The predicted molar refractivity (Wildman–Crippen MR) is 136 cm³/mol. The molecule has 4 N–H and O–H groups in total. The fourth-order valence-corrected chi connectivity index (χ4v) is 4.32. The van der Waals surface area contributed by atoms with E-state index < -0.39 is 10.8 Å². The molecule has 182 valence electrons. The first-order chi connectivity index (χ1) is 16.0. The summed E-state index contributed by atoms with van der Waals surface area (Å²) in [4.78, 5) is 10.1. The molecular weight excluding hydrogens is 452 g/mol. The maximum absolute atomic E-state index is 12.3. The zero-order chi connectivity index (χ0) is 23.4. The monoisotopic (exact) mass is 484 g/mol. The smallest absolute Gasteiger partial charge is 0.187 e. The highest BCUT2D eigenvalue weighted by Gasteiger charge is 2.15. The van der Waals surface area contributed by atoms with E-state index in [1.807, 2.05) is 75.4 Å². The van der Waals surface area contributed by atoms with Crippen molar-refractivity contribution in [3.05, 3.63) is 72.1 Å². The number of aliphatic hydroxyl groups excluding tert-OH is 1. The van der Waals surface area contributed by atoms with Crippen LogP contribution in [0, 0.1) is 6.92 Å². The zero-order valence-corrected chi connectivity index (χ0v) is 20.1. The summed E-state index contributed by atoms with van der Waals surface area (Å²) in [6.45, 7) is 6.30. The van der Waals surface area contributed by atoms with E-state index in [2.05, 4.69) is 15.5 Å². The van der Waals surface area contributed by atoms with Gasteiger partial charge in [-0.2, -0.15) is 0 Å². The minimum absolute atomic E-state index is 0. The molecule has 4 aromatic rings. The Morgan fingerprint density at radius 2 is 1.71 bits per heavy atom. The van der Waals surface area contributed by atoms with Crippen molar-refractivity contribution in [1.82, 2.24) is 20.4 Å². The lowest BCUT2D eigenvalue weighted by Crippen LogP contribution is -2.13. The molecule has 1 atom stereocenters. The van der Waals surface area contributed by atoms with Gasteiger partial charge in [0, 0.05) is 36.7 Å². The van der Waals surface area contributed by atoms with E-state index in [4.69, 9.17) is 14.6 Å². The van der Waals surface area contributed by atoms with Gasteiger partial charge in [0.2, 0.25) is 0 Å². The van der Waals surface area contributed by atoms with E-state index in [1.54, 1.807) is 6.20 Å². The van der Waals surface area contributed by atoms with Gasteiger partial charge in [-0.15, -0.1) is 0 Å². The Balaban J connectivity index is 0.00000216. The summed E-state index contributed by atoms with van der Waals surface area (Å²) in [6.07, 6.45) is 1.73. The van der Waals surface area contributed by atoms with E-state index >= 15 is 0 Å². The maximum atomic E-state index is 12.3. The Hall–Kier alpha value is -3.24. The average molecular weight is 485 g/mol. The summed E-state index contributed by atoms with van der Waals surface area (Å²) in [5, 5.41) is 16.0. The van der Waals surface area contributed by atoms with Gasteiger partial charge in [-0.05, 0) is 24.6 Å². The van der Waals surface area contributed by atoms with Crippen molar-refractivity contribution in [2.45, 2.75) is 37.5 Å². The average Bonchev–Trinajstić information content (AvgIpc) is 3.33. The SMILES string of the molecule is Cc1ncc(-c2ccc(S(=O)C(C)C)cc2)nc1-c1cc(-c2ccc(CNCO)cc2)no1.O.[HH].[HH]. The summed E-state index contributed by atoms with van der Waals surface area (Å²) in [5.41, 5.74) is 5.66. The van der Waals surface area contributed by atoms with E-state index in [9.17, 15) is 4.21 Å². The Labute approximate surface area is 203 Å². The van der Waals surface area contributed by atoms with Gasteiger partial charge in [0.15, 0.2) is 5.76 Å². The summed E-state index contributed by atoms with van der Waals surface area (Å²) < 4.78 is 17.9. The van der Waals surface area contributed by atoms with Crippen LogP contribution in [0.2, 0.25) is 0 Å². The molecule has 2 aromatic heterocycles. The van der Waals surface area contributed by atoms with Crippen molar-refractivity contribution in [3.63, 3.8) is 0 Å². The molecule has 9 heteroatoms. The van der Waals surface area contributed by atoms with Crippen molar-refractivity contribution in [2.75, 3.05) is 6.73 Å². The van der Waals surface area contributed by atoms with Gasteiger partial charge in [-0.3, -0.25) is 14.5 Å². The lowest BCUT2D eigenvalue weighted by Gasteiger charge is -2.08. The second-order valence-electron chi connectivity index (χ2n) is 7.92. The molecule has 0 spiro atoms. The van der Waals surface area contributed by atoms with Crippen LogP contribution >= 0.6 is 0 Å². The fourth-order valence-electron chi connectivity index (χ4n) is 3.37. The largest absolute Gasteiger partial charge is 0.412 e. The molecule has 0 aliphatic rings. The molecule has 8 nitrogen and oxygen atoms in total. The fraction of sp³-hybridized carbons (Fsp3) is 0.240. The minimum atomic E-state index is -1.03. The molecule has 0 aliphatic carbocycles. The Bertz CT molecular complexity index is 1270. The number of aromatic nitrogens is 3. The van der Waals surface area contributed by atoms with Gasteiger partial charge in [0.25, 0.3) is 0 Å². The third-order valence-corrected chi connectivity index (χ3v) is 6.79. The second-order valence-corrected chi connectivity index (χ2v) is 9.93. The molecule has 2 aromatic carbocycles. The quantitative estimate of drug-likeness (QED) is 0.361. The standard InChI is InChI=1S/C25H26N4O3S.H2O.2H2/c1-16(2)33(31)21-10-8-20(9-11-21)23-14-27-17(3)25(28-23)24-12-22(29-32-24)19-6-4-18(5-7-19)13-26-15-30;;;/h4-12,14,16,26,30H,13,15H2,1-3H3;1H2;2*1H. The molecule has 0 saturated heterocycles. The minimum Gasteiger partial charge on any atom is -0.412 e. The number of hydrogen-bond acceptors (Lipinski definition) is 7. The lowest BCUT2D eigenvalue weighted by atomic mass is 10.1. The molecule has 0 amide bonds. The number of hydrogen-bond donors (Lipinski definition) is 2. The maximum Gasteiger partial charge on any atom is 0.187 e. The highest BCUT2D eigenvalue weighted by Crippen LogP contribution is 2.29. The number of nitrogens with one attached hydrogen (secondary N) is 1. The normalized spacial score (nSPS) is 11.9. The van der Waals surface area contributed by atoms with Crippen molar-refractivity contribution in [3.8, 4) is 34.0 Å². The molecule has 0 fully saturated rings. The highest BCUT2D eigenvalue weighted by molar-refractivity contribution is 7.85. The highest BCUT2D eigenvalue weighted by atomic mass is 32.2. The summed E-state index contributed by atoms with van der Waals surface area (Å²) in [5.74, 6) is 0.542. The van der Waals surface area contributed by atoms with Gasteiger partial charge in [0.05, 0.1) is 35.1 Å². The first kappa shape index (κ1) is 25.4. The first-order valence-corrected chi connectivity index (χ1v) is 11.9. The van der Waals surface area contributed by atoms with Crippen LogP contribution < -0.4 is 5.32 Å². The van der Waals surface area contributed by atoms with Gasteiger partial charge >= 0.3 is 0 Å². The molecule has 4 rings (SSSR count). The van der Waals surface area contributed by atoms with E-state index in [0.717, 1.165) is 27.3 Å². The van der Waals surface area contributed by atoms with Crippen molar-refractivity contribution >= 4 is 10.8 Å². The third kappa shape index (κ3) is 5.63. The van der Waals surface area contributed by atoms with Crippen molar-refractivity contribution in [2.24, 2.45) is 0 Å². The molecule has 0 radical (unpaired) electrons. The van der Waals surface area contributed by atoms with Crippen LogP contribution in [-0.2, 0) is 17.3 Å². The van der Waals surface area contributed by atoms with E-state index in [-0.39, 0.29) is 20.3 Å². The first-order valence-electron chi connectivity index (χ1n) is 10.7. The summed E-state index contributed by atoms with van der Waals surface area (Å²) in [6, 6.07) is 17.3. The Kier molecular flexibility index (Phi) is 8.41. The van der Waals surface area contributed by atoms with E-state index in [0.29, 0.717) is 29.4 Å². The molecule has 1 unspecified atom stereocenters. The van der Waals surface area contributed by atoms with Crippen LogP contribution in [0.3, 0.4) is 0 Å².